The molecule has 0 aliphatic heterocycles. The molecule has 0 aliphatic rings. The van der Waals surface area contributed by atoms with E-state index in [1.807, 2.05) is 56.6 Å². The smallest absolute Gasteiger partial charge is 0.278 e. The van der Waals surface area contributed by atoms with E-state index in [-0.39, 0.29) is 29.9 Å². The molecule has 2 amide bonds. The van der Waals surface area contributed by atoms with Crippen LogP contribution >= 0.6 is 109 Å². The van der Waals surface area contributed by atoms with Crippen molar-refractivity contribution in [2.45, 2.75) is 0 Å². The molecule has 14 heteroatoms. The number of benzene rings is 3. The van der Waals surface area contributed by atoms with Crippen LogP contribution in [0.3, 0.4) is 0 Å². The minimum atomic E-state index is -0.402. The quantitative estimate of drug-likeness (QED) is 0.125. The van der Waals surface area contributed by atoms with Crippen LogP contribution in [0.15, 0.2) is 102 Å². The highest BCUT2D eigenvalue weighted by molar-refractivity contribution is 15.0. The molecule has 0 atom stereocenters. The van der Waals surface area contributed by atoms with Gasteiger partial charge in [-0.15, -0.1) is 24.0 Å². The lowest BCUT2D eigenvalue weighted by Crippen LogP contribution is -2.10. The SMILES string of the molecule is Brc1cccc(-c2ncno2)c1.CN(C)C=NC(=O)c1cccc(Br)c1.I.II.NC(=O)c1cccc(Br)c1. The zero-order chi connectivity index (χ0) is 28.5. The summed E-state index contributed by atoms with van der Waals surface area (Å²) in [6.07, 6.45) is 2.87. The zero-order valence-corrected chi connectivity index (χ0v) is 31.9. The summed E-state index contributed by atoms with van der Waals surface area (Å²) in [7, 11) is 3.63. The average molecular weight is 1060 g/mol. The van der Waals surface area contributed by atoms with E-state index in [0.717, 1.165) is 19.0 Å². The van der Waals surface area contributed by atoms with Gasteiger partial charge in [0.25, 0.3) is 11.8 Å². The molecule has 0 unspecified atom stereocenters. The van der Waals surface area contributed by atoms with Crippen LogP contribution in [0.2, 0.25) is 0 Å². The van der Waals surface area contributed by atoms with Crippen LogP contribution in [0.25, 0.3) is 11.5 Å². The van der Waals surface area contributed by atoms with Gasteiger partial charge in [-0.25, -0.2) is 0 Å². The molecule has 39 heavy (non-hydrogen) atoms. The van der Waals surface area contributed by atoms with Gasteiger partial charge in [0.1, 0.15) is 0 Å². The summed E-state index contributed by atoms with van der Waals surface area (Å²) in [5.74, 6) is -0.0994. The second-order valence-electron chi connectivity index (χ2n) is 7.16. The molecule has 3 aromatic carbocycles. The highest BCUT2D eigenvalue weighted by Gasteiger charge is 2.03. The number of carbonyl (C=O) groups excluding carboxylic acids is 2. The van der Waals surface area contributed by atoms with Crippen LogP contribution in [0, 0.1) is 0 Å². The van der Waals surface area contributed by atoms with E-state index < -0.39 is 5.91 Å². The first kappa shape index (κ1) is 38.0. The summed E-state index contributed by atoms with van der Waals surface area (Å²) >= 11 is 14.1. The summed E-state index contributed by atoms with van der Waals surface area (Å²) in [6.45, 7) is 0. The van der Waals surface area contributed by atoms with Crippen molar-refractivity contribution >= 4 is 127 Å². The number of hydrogen-bond acceptors (Lipinski definition) is 5. The molecular weight excluding hydrogens is 1040 g/mol. The maximum absolute atomic E-state index is 11.5. The molecule has 8 nitrogen and oxygen atoms in total. The van der Waals surface area contributed by atoms with Crippen molar-refractivity contribution in [2.75, 3.05) is 14.1 Å². The summed E-state index contributed by atoms with van der Waals surface area (Å²) in [5, 5.41) is 3.53. The highest BCUT2D eigenvalue weighted by Crippen LogP contribution is 2.20. The van der Waals surface area contributed by atoms with Crippen molar-refractivity contribution in [3.05, 3.63) is 104 Å². The van der Waals surface area contributed by atoms with Crippen LogP contribution < -0.4 is 5.73 Å². The minimum Gasteiger partial charge on any atom is -0.369 e. The van der Waals surface area contributed by atoms with Gasteiger partial charge in [0.05, 0.1) is 6.34 Å². The van der Waals surface area contributed by atoms with E-state index >= 15 is 0 Å². The Labute approximate surface area is 292 Å². The first-order valence-electron chi connectivity index (χ1n) is 10.4. The monoisotopic (exact) mass is 1060 g/mol. The Morgan fingerprint density at radius 3 is 1.85 bits per heavy atom. The molecule has 0 aliphatic carbocycles. The summed E-state index contributed by atoms with van der Waals surface area (Å²) in [5.41, 5.74) is 7.04. The van der Waals surface area contributed by atoms with Crippen LogP contribution in [-0.2, 0) is 0 Å². The molecule has 1 heterocycles. The largest absolute Gasteiger partial charge is 0.369 e. The number of aliphatic imine (C=N–C) groups is 1. The molecule has 0 saturated heterocycles. The van der Waals surface area contributed by atoms with Gasteiger partial charge >= 0.3 is 0 Å². The van der Waals surface area contributed by atoms with E-state index in [1.165, 1.54) is 12.7 Å². The third-order valence-electron chi connectivity index (χ3n) is 4.02. The highest BCUT2D eigenvalue weighted by atomic mass is 128. The molecule has 0 radical (unpaired) electrons. The maximum atomic E-state index is 11.5. The van der Waals surface area contributed by atoms with Crippen molar-refractivity contribution in [1.82, 2.24) is 15.0 Å². The van der Waals surface area contributed by atoms with Gasteiger partial charge in [-0.2, -0.15) is 9.98 Å². The van der Waals surface area contributed by atoms with E-state index in [4.69, 9.17) is 10.3 Å². The predicted octanol–water partition coefficient (Wildman–Crippen LogP) is 8.62. The minimum absolute atomic E-state index is 0. The Hall–Kier alpha value is -0.960. The first-order chi connectivity index (χ1) is 18.2. The third kappa shape index (κ3) is 16.2. The van der Waals surface area contributed by atoms with Crippen molar-refractivity contribution in [3.8, 4) is 11.5 Å². The molecule has 2 N–H and O–H groups in total. The van der Waals surface area contributed by atoms with Gasteiger partial charge in [0.15, 0.2) is 6.33 Å². The van der Waals surface area contributed by atoms with Crippen LogP contribution in [0.4, 0.5) is 0 Å². The van der Waals surface area contributed by atoms with Gasteiger partial charge < -0.3 is 15.2 Å². The number of primary amides is 1. The lowest BCUT2D eigenvalue weighted by molar-refractivity contribution is 0.0993. The number of nitrogens with two attached hydrogens (primary N) is 1. The lowest BCUT2D eigenvalue weighted by atomic mass is 10.2. The van der Waals surface area contributed by atoms with Gasteiger partial charge in [-0.1, -0.05) is 71.1 Å². The molecule has 208 valence electrons. The number of aromatic nitrogens is 2. The van der Waals surface area contributed by atoms with Crippen LogP contribution in [0.1, 0.15) is 20.7 Å². The Balaban J connectivity index is 0.000000537. The van der Waals surface area contributed by atoms with Crippen molar-refractivity contribution in [2.24, 2.45) is 10.7 Å². The van der Waals surface area contributed by atoms with Gasteiger partial charge in [-0.3, -0.25) is 9.59 Å². The lowest BCUT2D eigenvalue weighted by Gasteiger charge is -2.01. The summed E-state index contributed by atoms with van der Waals surface area (Å²) in [6, 6.07) is 21.8. The Morgan fingerprint density at radius 2 is 1.41 bits per heavy atom. The number of hydrogen-bond donors (Lipinski definition) is 1. The Kier molecular flexibility index (Phi) is 21.2. The number of carbonyl (C=O) groups is 2. The van der Waals surface area contributed by atoms with Crippen molar-refractivity contribution < 1.29 is 14.1 Å². The number of rotatable bonds is 4. The normalized spacial score (nSPS) is 9.41. The molecular formula is C25H23Br3I3N5O3. The van der Waals surface area contributed by atoms with E-state index in [0.29, 0.717) is 17.0 Å². The fourth-order valence-corrected chi connectivity index (χ4v) is 3.63. The maximum Gasteiger partial charge on any atom is 0.278 e. The number of halogens is 6. The molecule has 0 fully saturated rings. The van der Waals surface area contributed by atoms with Gasteiger partial charge in [0, 0.05) is 81.4 Å². The molecule has 4 rings (SSSR count). The third-order valence-corrected chi connectivity index (χ3v) is 5.50. The molecule has 0 saturated carbocycles. The molecule has 4 aromatic rings. The fourth-order valence-electron chi connectivity index (χ4n) is 2.43. The Bertz CT molecular complexity index is 1330. The second kappa shape index (κ2) is 21.7. The fraction of sp³-hybridized carbons (Fsp3) is 0.0800. The molecule has 1 aromatic heterocycles. The topological polar surface area (TPSA) is 115 Å². The first-order valence-corrected chi connectivity index (χ1v) is 19.0. The van der Waals surface area contributed by atoms with Crippen molar-refractivity contribution in [3.63, 3.8) is 0 Å². The second-order valence-corrected chi connectivity index (χ2v) is 9.90. The van der Waals surface area contributed by atoms with Gasteiger partial charge in [-0.05, 0) is 54.6 Å². The summed E-state index contributed by atoms with van der Waals surface area (Å²) < 4.78 is 7.63. The van der Waals surface area contributed by atoms with Crippen LogP contribution in [-0.4, -0.2) is 47.3 Å². The number of amides is 2. The van der Waals surface area contributed by atoms with Gasteiger partial charge in [0.2, 0.25) is 5.91 Å². The van der Waals surface area contributed by atoms with E-state index in [9.17, 15) is 9.59 Å². The van der Waals surface area contributed by atoms with Crippen LogP contribution in [0.5, 0.6) is 0 Å². The standard InChI is InChI=1S/C10H11BrN2O.C8H5BrN2O.C7H6BrNO.I2.HI/c1-13(2)7-12-10(14)8-4-3-5-9(11)6-8;9-7-3-1-2-6(4-7)8-10-5-11-12-8;8-6-3-1-2-5(4-6)7(9)10;1-2;/h3-7H,1-2H3;1-5H;1-4H,(H2,9,10);;1H. The van der Waals surface area contributed by atoms with Crippen molar-refractivity contribution in [1.29, 1.82) is 0 Å². The zero-order valence-electron chi connectivity index (χ0n) is 20.5. The number of nitrogens with zero attached hydrogens (tertiary/aromatic N) is 4. The summed E-state index contributed by atoms with van der Waals surface area (Å²) in [4.78, 5) is 31.4. The predicted molar refractivity (Wildman–Crippen MR) is 194 cm³/mol. The average Bonchev–Trinajstić information content (AvgIpc) is 3.44. The van der Waals surface area contributed by atoms with E-state index in [2.05, 4.69) is 100 Å². The van der Waals surface area contributed by atoms with E-state index in [1.54, 1.807) is 35.2 Å². The molecule has 0 spiro atoms. The molecule has 0 bridgehead atoms. The Morgan fingerprint density at radius 1 is 0.897 bits per heavy atom.